The van der Waals surface area contributed by atoms with E-state index in [1.54, 1.807) is 0 Å². The second-order valence-electron chi connectivity index (χ2n) is 5.56. The van der Waals surface area contributed by atoms with Gasteiger partial charge in [-0.15, -0.1) is 0 Å². The van der Waals surface area contributed by atoms with Gasteiger partial charge in [0, 0.05) is 34.9 Å². The molecule has 4 aromatic rings. The van der Waals surface area contributed by atoms with Crippen LogP contribution in [0.4, 0.5) is 0 Å². The minimum absolute atomic E-state index is 0.938. The third-order valence-electron chi connectivity index (χ3n) is 3.50. The molecule has 120 valence electrons. The Morgan fingerprint density at radius 3 is 1.25 bits per heavy atom. The van der Waals surface area contributed by atoms with E-state index in [4.69, 9.17) is 0 Å². The summed E-state index contributed by atoms with van der Waals surface area (Å²) in [5.41, 5.74) is 4.44. The average molecular weight is 316 g/mol. The molecule has 2 N–H and O–H groups in total. The first-order valence-corrected chi connectivity index (χ1v) is 7.86. The van der Waals surface area contributed by atoms with Gasteiger partial charge < -0.3 is 9.97 Å². The molecule has 4 nitrogen and oxygen atoms in total. The molecule has 0 unspecified atom stereocenters. The lowest BCUT2D eigenvalue weighted by Gasteiger charge is -1.93. The average Bonchev–Trinajstić information content (AvgIpc) is 3.26. The molecule has 0 saturated carbocycles. The van der Waals surface area contributed by atoms with Crippen LogP contribution in [0.5, 0.6) is 0 Å². The lowest BCUT2D eigenvalue weighted by molar-refractivity contribution is 1.25. The fraction of sp³-hybridized carbons (Fsp3) is 0.100. The minimum Gasteiger partial charge on any atom is -0.342 e. The van der Waals surface area contributed by atoms with Gasteiger partial charge in [-0.25, -0.2) is 9.97 Å². The first-order valence-electron chi connectivity index (χ1n) is 7.86. The summed E-state index contributed by atoms with van der Waals surface area (Å²) in [6.45, 7) is 4.00. The van der Waals surface area contributed by atoms with Gasteiger partial charge in [-0.1, -0.05) is 60.7 Å². The molecule has 4 rings (SSSR count). The Hall–Kier alpha value is -3.14. The van der Waals surface area contributed by atoms with Gasteiger partial charge in [-0.3, -0.25) is 0 Å². The van der Waals surface area contributed by atoms with Crippen LogP contribution >= 0.6 is 0 Å². The van der Waals surface area contributed by atoms with Gasteiger partial charge in [-0.2, -0.15) is 0 Å². The number of aromatic nitrogens is 4. The van der Waals surface area contributed by atoms with E-state index in [9.17, 15) is 0 Å². The quantitative estimate of drug-likeness (QED) is 0.559. The molecule has 0 aliphatic carbocycles. The predicted molar refractivity (Wildman–Crippen MR) is 97.5 cm³/mol. The van der Waals surface area contributed by atoms with Gasteiger partial charge >= 0.3 is 0 Å². The Kier molecular flexibility index (Phi) is 4.87. The van der Waals surface area contributed by atoms with Crippen LogP contribution in [-0.4, -0.2) is 19.9 Å². The summed E-state index contributed by atoms with van der Waals surface area (Å²) in [7, 11) is 0. The zero-order chi connectivity index (χ0) is 16.8. The molecular formula is C20H20N4. The molecule has 4 heteroatoms. The highest BCUT2D eigenvalue weighted by molar-refractivity contribution is 5.55. The number of aromatic amines is 2. The normalized spacial score (nSPS) is 10.1. The third-order valence-corrected chi connectivity index (χ3v) is 3.50. The zero-order valence-electron chi connectivity index (χ0n) is 13.8. The molecule has 0 amide bonds. The number of H-pyrrole nitrogens is 2. The number of nitrogens with one attached hydrogen (secondary N) is 2. The summed E-state index contributed by atoms with van der Waals surface area (Å²) >= 11 is 0. The highest BCUT2D eigenvalue weighted by atomic mass is 14.9. The van der Waals surface area contributed by atoms with E-state index >= 15 is 0 Å². The number of imidazole rings is 2. The number of benzene rings is 2. The van der Waals surface area contributed by atoms with Crippen molar-refractivity contribution in [3.8, 4) is 22.8 Å². The molecule has 24 heavy (non-hydrogen) atoms. The molecule has 0 saturated heterocycles. The highest BCUT2D eigenvalue weighted by Crippen LogP contribution is 2.14. The van der Waals surface area contributed by atoms with Crippen molar-refractivity contribution in [3.63, 3.8) is 0 Å². The van der Waals surface area contributed by atoms with E-state index in [0.717, 1.165) is 34.2 Å². The van der Waals surface area contributed by atoms with Crippen molar-refractivity contribution in [2.75, 3.05) is 0 Å². The van der Waals surface area contributed by atoms with Crippen molar-refractivity contribution in [1.82, 2.24) is 19.9 Å². The van der Waals surface area contributed by atoms with Gasteiger partial charge in [0.25, 0.3) is 0 Å². The van der Waals surface area contributed by atoms with Crippen molar-refractivity contribution in [3.05, 3.63) is 84.4 Å². The summed E-state index contributed by atoms with van der Waals surface area (Å²) in [4.78, 5) is 14.8. The fourth-order valence-corrected chi connectivity index (χ4v) is 2.31. The lowest BCUT2D eigenvalue weighted by atomic mass is 10.2. The smallest absolute Gasteiger partial charge is 0.137 e. The molecule has 0 spiro atoms. The van der Waals surface area contributed by atoms with Gasteiger partial charge in [0.2, 0.25) is 0 Å². The van der Waals surface area contributed by atoms with E-state index in [0.29, 0.717) is 0 Å². The maximum absolute atomic E-state index is 4.23. The zero-order valence-corrected chi connectivity index (χ0v) is 13.8. The Balaban J connectivity index is 0.000000141. The molecule has 0 atom stereocenters. The summed E-state index contributed by atoms with van der Waals surface area (Å²) in [5, 5.41) is 0. The fourth-order valence-electron chi connectivity index (χ4n) is 2.31. The number of hydrogen-bond donors (Lipinski definition) is 2. The van der Waals surface area contributed by atoms with Crippen LogP contribution in [0.1, 0.15) is 11.4 Å². The maximum Gasteiger partial charge on any atom is 0.137 e. The van der Waals surface area contributed by atoms with E-state index in [1.165, 1.54) is 0 Å². The van der Waals surface area contributed by atoms with E-state index in [-0.39, 0.29) is 0 Å². The van der Waals surface area contributed by atoms with Crippen LogP contribution in [0.15, 0.2) is 73.1 Å². The second-order valence-corrected chi connectivity index (χ2v) is 5.56. The largest absolute Gasteiger partial charge is 0.342 e. The summed E-state index contributed by atoms with van der Waals surface area (Å²) < 4.78 is 0. The van der Waals surface area contributed by atoms with Crippen molar-refractivity contribution in [2.24, 2.45) is 0 Å². The third kappa shape index (κ3) is 3.98. The standard InChI is InChI=1S/2C10H10N2/c2*1-8-7-11-10(12-8)9-5-3-2-4-6-9/h2*2-7H,1H3,(H,11,12). The van der Waals surface area contributed by atoms with E-state index < -0.39 is 0 Å². The first-order chi connectivity index (χ1) is 11.7. The summed E-state index contributed by atoms with van der Waals surface area (Å²) in [6, 6.07) is 20.2. The molecule has 0 fully saturated rings. The molecule has 0 aliphatic heterocycles. The predicted octanol–water partition coefficient (Wildman–Crippen LogP) is 4.77. The van der Waals surface area contributed by atoms with Crippen LogP contribution in [-0.2, 0) is 0 Å². The van der Waals surface area contributed by atoms with Crippen LogP contribution in [0.3, 0.4) is 0 Å². The van der Waals surface area contributed by atoms with Gasteiger partial charge in [0.15, 0.2) is 0 Å². The molecule has 0 aliphatic rings. The van der Waals surface area contributed by atoms with Crippen molar-refractivity contribution in [1.29, 1.82) is 0 Å². The highest BCUT2D eigenvalue weighted by Gasteiger charge is 1.99. The summed E-state index contributed by atoms with van der Waals surface area (Å²) in [5.74, 6) is 1.88. The Morgan fingerprint density at radius 1 is 0.583 bits per heavy atom. The van der Waals surface area contributed by atoms with Crippen LogP contribution < -0.4 is 0 Å². The maximum atomic E-state index is 4.23. The molecular weight excluding hydrogens is 296 g/mol. The van der Waals surface area contributed by atoms with Crippen molar-refractivity contribution >= 4 is 0 Å². The summed E-state index contributed by atoms with van der Waals surface area (Å²) in [6.07, 6.45) is 3.67. The molecule has 2 aromatic heterocycles. The Morgan fingerprint density at radius 2 is 0.958 bits per heavy atom. The van der Waals surface area contributed by atoms with Crippen LogP contribution in [0, 0.1) is 13.8 Å². The van der Waals surface area contributed by atoms with Crippen molar-refractivity contribution < 1.29 is 0 Å². The lowest BCUT2D eigenvalue weighted by Crippen LogP contribution is -1.78. The minimum atomic E-state index is 0.938. The van der Waals surface area contributed by atoms with Crippen molar-refractivity contribution in [2.45, 2.75) is 13.8 Å². The van der Waals surface area contributed by atoms with Gasteiger partial charge in [0.05, 0.1) is 0 Å². The molecule has 2 heterocycles. The number of aryl methyl sites for hydroxylation is 2. The molecule has 0 bridgehead atoms. The Bertz CT molecular complexity index is 800. The number of hydrogen-bond acceptors (Lipinski definition) is 2. The SMILES string of the molecule is Cc1cnc(-c2ccccc2)[nH]1.Cc1cnc(-c2ccccc2)[nH]1. The second kappa shape index (κ2) is 7.42. The number of nitrogens with zero attached hydrogens (tertiary/aromatic N) is 2. The topological polar surface area (TPSA) is 57.4 Å². The van der Waals surface area contributed by atoms with Crippen LogP contribution in [0.25, 0.3) is 22.8 Å². The first kappa shape index (κ1) is 15.7. The van der Waals surface area contributed by atoms with E-state index in [1.807, 2.05) is 86.9 Å². The van der Waals surface area contributed by atoms with Crippen LogP contribution in [0.2, 0.25) is 0 Å². The van der Waals surface area contributed by atoms with E-state index in [2.05, 4.69) is 19.9 Å². The number of rotatable bonds is 2. The Labute approximate surface area is 141 Å². The van der Waals surface area contributed by atoms with Gasteiger partial charge in [0.1, 0.15) is 11.6 Å². The molecule has 0 radical (unpaired) electrons. The monoisotopic (exact) mass is 316 g/mol. The molecule has 2 aromatic carbocycles. The van der Waals surface area contributed by atoms with Gasteiger partial charge in [-0.05, 0) is 13.8 Å².